The Morgan fingerprint density at radius 2 is 1.78 bits per heavy atom. The molecule has 0 aliphatic carbocycles. The molecule has 0 unspecified atom stereocenters. The van der Waals surface area contributed by atoms with Gasteiger partial charge in [-0.1, -0.05) is 6.92 Å². The number of hydrogen-bond acceptors (Lipinski definition) is 4. The van der Waals surface area contributed by atoms with Crippen LogP contribution in [0.2, 0.25) is 0 Å². The number of carboxylic acid groups (broad SMARTS) is 2. The molecule has 18 heavy (non-hydrogen) atoms. The Hall–Kier alpha value is -2.37. The third-order valence-electron chi connectivity index (χ3n) is 1.81. The number of Topliss-reactive ketones (excluding diaryl/α,β-unsaturated/α-hetero) is 1. The van der Waals surface area contributed by atoms with Crippen molar-refractivity contribution in [3.63, 3.8) is 0 Å². The molecule has 1 aliphatic heterocycles. The molecule has 0 saturated carbocycles. The first-order valence-corrected chi connectivity index (χ1v) is 5.27. The van der Waals surface area contributed by atoms with Gasteiger partial charge in [-0.2, -0.15) is 0 Å². The summed E-state index contributed by atoms with van der Waals surface area (Å²) in [5.74, 6) is -3.44. The van der Waals surface area contributed by atoms with E-state index in [4.69, 9.17) is 19.8 Å². The van der Waals surface area contributed by atoms with Gasteiger partial charge in [-0.05, 0) is 24.6 Å². The first kappa shape index (κ1) is 15.6. The molecule has 0 aromatic rings. The Morgan fingerprint density at radius 3 is 2.28 bits per heavy atom. The van der Waals surface area contributed by atoms with Crippen LogP contribution >= 0.6 is 0 Å². The van der Waals surface area contributed by atoms with Crippen LogP contribution < -0.4 is 5.32 Å². The van der Waals surface area contributed by atoms with Crippen molar-refractivity contribution in [2.75, 3.05) is 0 Å². The highest BCUT2D eigenvalue weighted by molar-refractivity contribution is 6.27. The van der Waals surface area contributed by atoms with Crippen molar-refractivity contribution in [2.45, 2.75) is 19.8 Å². The number of hydrogen-bond donors (Lipinski definition) is 3. The quantitative estimate of drug-likeness (QED) is 0.650. The van der Waals surface area contributed by atoms with E-state index >= 15 is 0 Å². The van der Waals surface area contributed by atoms with Crippen LogP contribution in [-0.4, -0.2) is 27.9 Å². The molecule has 1 aliphatic rings. The Bertz CT molecular complexity index is 395. The average Bonchev–Trinajstić information content (AvgIpc) is 2.58. The summed E-state index contributed by atoms with van der Waals surface area (Å²) in [6.07, 6.45) is 10.6. The fraction of sp³-hybridized carbons (Fsp3) is 0.250. The normalized spacial score (nSPS) is 12.4. The summed E-state index contributed by atoms with van der Waals surface area (Å²) in [7, 11) is 0. The van der Waals surface area contributed by atoms with Gasteiger partial charge in [0.25, 0.3) is 0 Å². The van der Waals surface area contributed by atoms with Crippen LogP contribution in [0.3, 0.4) is 0 Å². The second-order valence-corrected chi connectivity index (χ2v) is 3.26. The molecule has 0 bridgehead atoms. The van der Waals surface area contributed by atoms with E-state index in [1.165, 1.54) is 0 Å². The molecule has 0 aromatic heterocycles. The lowest BCUT2D eigenvalue weighted by atomic mass is 10.1. The van der Waals surface area contributed by atoms with Gasteiger partial charge in [0.05, 0.1) is 0 Å². The lowest BCUT2D eigenvalue weighted by molar-refractivity contribution is -0.159. The molecule has 3 N–H and O–H groups in total. The maximum absolute atomic E-state index is 11.4. The van der Waals surface area contributed by atoms with Gasteiger partial charge in [-0.3, -0.25) is 4.79 Å². The minimum absolute atomic E-state index is 0.210. The number of carbonyl (C=O) groups excluding carboxylic acids is 1. The third-order valence-corrected chi connectivity index (χ3v) is 1.81. The van der Waals surface area contributed by atoms with E-state index in [9.17, 15) is 4.79 Å². The van der Waals surface area contributed by atoms with Crippen LogP contribution in [0.1, 0.15) is 19.8 Å². The highest BCUT2D eigenvalue weighted by Gasteiger charge is 2.04. The number of carboxylic acids is 2. The predicted molar refractivity (Wildman–Crippen MR) is 64.7 cm³/mol. The standard InChI is InChI=1S/C10H13NO.C2H2O4/c1-2-4-10(12)9-5-3-7-11-8-6-9;3-1(4)2(5)6/h3,5-8,11H,2,4H2,1H3;(H,3,4)(H,5,6). The smallest absolute Gasteiger partial charge is 0.414 e. The molecule has 0 saturated heterocycles. The molecule has 1 rings (SSSR count). The number of rotatable bonds is 3. The monoisotopic (exact) mass is 253 g/mol. The van der Waals surface area contributed by atoms with E-state index in [1.807, 2.05) is 19.1 Å². The summed E-state index contributed by atoms with van der Waals surface area (Å²) < 4.78 is 0. The van der Waals surface area contributed by atoms with Gasteiger partial charge < -0.3 is 15.5 Å². The van der Waals surface area contributed by atoms with E-state index in [0.717, 1.165) is 12.0 Å². The van der Waals surface area contributed by atoms with Crippen molar-refractivity contribution >= 4 is 17.7 Å². The van der Waals surface area contributed by atoms with E-state index in [0.29, 0.717) is 6.42 Å². The van der Waals surface area contributed by atoms with Crippen LogP contribution in [0, 0.1) is 0 Å². The predicted octanol–water partition coefficient (Wildman–Crippen LogP) is 1.07. The zero-order valence-corrected chi connectivity index (χ0v) is 9.92. The van der Waals surface area contributed by atoms with Gasteiger partial charge in [0.2, 0.25) is 0 Å². The molecule has 1 heterocycles. The molecule has 6 heteroatoms. The number of aliphatic carboxylic acids is 2. The molecule has 0 amide bonds. The van der Waals surface area contributed by atoms with Crippen LogP contribution in [0.5, 0.6) is 0 Å². The summed E-state index contributed by atoms with van der Waals surface area (Å²) in [6.45, 7) is 2.01. The van der Waals surface area contributed by atoms with Gasteiger partial charge in [0.1, 0.15) is 0 Å². The zero-order valence-electron chi connectivity index (χ0n) is 9.92. The van der Waals surface area contributed by atoms with E-state index in [1.54, 1.807) is 18.5 Å². The number of nitrogens with one attached hydrogen (secondary N) is 1. The van der Waals surface area contributed by atoms with Crippen molar-refractivity contribution in [1.29, 1.82) is 0 Å². The van der Waals surface area contributed by atoms with Crippen LogP contribution in [0.4, 0.5) is 0 Å². The fourth-order valence-electron chi connectivity index (χ4n) is 1.01. The molecular weight excluding hydrogens is 238 g/mol. The minimum Gasteiger partial charge on any atom is -0.473 e. The van der Waals surface area contributed by atoms with Crippen LogP contribution in [0.25, 0.3) is 0 Å². The highest BCUT2D eigenvalue weighted by atomic mass is 16.4. The van der Waals surface area contributed by atoms with Crippen LogP contribution in [0.15, 0.2) is 36.2 Å². The summed E-state index contributed by atoms with van der Waals surface area (Å²) in [4.78, 5) is 29.6. The summed E-state index contributed by atoms with van der Waals surface area (Å²) in [5, 5.41) is 17.7. The summed E-state index contributed by atoms with van der Waals surface area (Å²) in [6, 6.07) is 0. The largest absolute Gasteiger partial charge is 0.473 e. The molecule has 0 fully saturated rings. The number of carbonyl (C=O) groups is 3. The molecular formula is C12H15NO5. The van der Waals surface area contributed by atoms with Crippen molar-refractivity contribution in [3.8, 4) is 0 Å². The fourth-order valence-corrected chi connectivity index (χ4v) is 1.01. The lowest BCUT2D eigenvalue weighted by Crippen LogP contribution is -2.09. The first-order valence-electron chi connectivity index (χ1n) is 5.27. The summed E-state index contributed by atoms with van der Waals surface area (Å²) >= 11 is 0. The Balaban J connectivity index is 0.000000411. The molecule has 0 aromatic carbocycles. The number of allylic oxidation sites excluding steroid dienone is 4. The second-order valence-electron chi connectivity index (χ2n) is 3.26. The molecule has 6 nitrogen and oxygen atoms in total. The second kappa shape index (κ2) is 8.74. The van der Waals surface area contributed by atoms with Gasteiger partial charge >= 0.3 is 11.9 Å². The minimum atomic E-state index is -1.82. The average molecular weight is 253 g/mol. The van der Waals surface area contributed by atoms with Gasteiger partial charge in [-0.25, -0.2) is 9.59 Å². The maximum Gasteiger partial charge on any atom is 0.414 e. The van der Waals surface area contributed by atoms with Gasteiger partial charge in [0, 0.05) is 24.4 Å². The topological polar surface area (TPSA) is 104 Å². The van der Waals surface area contributed by atoms with Crippen molar-refractivity contribution in [3.05, 3.63) is 36.2 Å². The Labute approximate surface area is 104 Å². The van der Waals surface area contributed by atoms with Gasteiger partial charge in [0.15, 0.2) is 5.78 Å². The third kappa shape index (κ3) is 7.00. The molecule has 0 radical (unpaired) electrons. The summed E-state index contributed by atoms with van der Waals surface area (Å²) in [5.41, 5.74) is 0.776. The number of ketones is 1. The lowest BCUT2D eigenvalue weighted by Gasteiger charge is -1.96. The van der Waals surface area contributed by atoms with Crippen LogP contribution in [-0.2, 0) is 14.4 Å². The van der Waals surface area contributed by atoms with Crippen molar-refractivity contribution in [1.82, 2.24) is 5.32 Å². The van der Waals surface area contributed by atoms with E-state index in [-0.39, 0.29) is 5.78 Å². The van der Waals surface area contributed by atoms with Crippen molar-refractivity contribution in [2.24, 2.45) is 0 Å². The SMILES string of the molecule is CCCC(=O)C1=CC=CNC=C1.O=C(O)C(=O)O. The van der Waals surface area contributed by atoms with E-state index in [2.05, 4.69) is 5.32 Å². The Kier molecular flexibility index (Phi) is 7.59. The molecule has 0 atom stereocenters. The van der Waals surface area contributed by atoms with Gasteiger partial charge in [-0.15, -0.1) is 0 Å². The maximum atomic E-state index is 11.4. The Morgan fingerprint density at radius 1 is 1.17 bits per heavy atom. The zero-order chi connectivity index (χ0) is 14.0. The first-order chi connectivity index (χ1) is 8.49. The van der Waals surface area contributed by atoms with Crippen molar-refractivity contribution < 1.29 is 24.6 Å². The highest BCUT2D eigenvalue weighted by Crippen LogP contribution is 2.05. The molecule has 98 valence electrons. The molecule has 0 spiro atoms. The van der Waals surface area contributed by atoms with E-state index < -0.39 is 11.9 Å².